The van der Waals surface area contributed by atoms with Gasteiger partial charge >= 0.3 is 6.03 Å². The average molecular weight is 317 g/mol. The van der Waals surface area contributed by atoms with Crippen LogP contribution in [-0.2, 0) is 0 Å². The van der Waals surface area contributed by atoms with Gasteiger partial charge in [0.1, 0.15) is 5.82 Å². The molecular weight excluding hydrogens is 298 g/mol. The van der Waals surface area contributed by atoms with Crippen LogP contribution in [0.1, 0.15) is 23.8 Å². The number of likely N-dealkylation sites (tertiary alicyclic amines) is 1. The molecule has 6 nitrogen and oxygen atoms in total. The van der Waals surface area contributed by atoms with Crippen molar-refractivity contribution >= 4 is 23.2 Å². The van der Waals surface area contributed by atoms with Gasteiger partial charge in [-0.2, -0.15) is 0 Å². The van der Waals surface area contributed by atoms with Crippen molar-refractivity contribution in [3.05, 3.63) is 41.0 Å². The lowest BCUT2D eigenvalue weighted by atomic mass is 10.2. The number of hydrogen-bond donors (Lipinski definition) is 2. The van der Waals surface area contributed by atoms with Gasteiger partial charge in [0.2, 0.25) is 0 Å². The van der Waals surface area contributed by atoms with Crippen molar-refractivity contribution in [2.45, 2.75) is 18.9 Å². The zero-order valence-electron chi connectivity index (χ0n) is 12.2. The molecule has 3 heterocycles. The smallest absolute Gasteiger partial charge is 0.318 e. The van der Waals surface area contributed by atoms with Crippen LogP contribution >= 0.6 is 11.3 Å². The number of anilines is 1. The number of rotatable bonds is 5. The monoisotopic (exact) mass is 317 g/mol. The number of thiophene rings is 1. The van der Waals surface area contributed by atoms with E-state index in [-0.39, 0.29) is 12.1 Å². The van der Waals surface area contributed by atoms with Gasteiger partial charge in [0, 0.05) is 36.9 Å². The van der Waals surface area contributed by atoms with Crippen molar-refractivity contribution in [2.24, 2.45) is 0 Å². The molecule has 0 saturated carbocycles. The fourth-order valence-electron chi connectivity index (χ4n) is 2.64. The molecule has 1 atom stereocenters. The minimum absolute atomic E-state index is 0.0110. The summed E-state index contributed by atoms with van der Waals surface area (Å²) >= 11 is 1.72. The van der Waals surface area contributed by atoms with Crippen LogP contribution in [0.4, 0.5) is 10.6 Å². The van der Waals surface area contributed by atoms with Crippen molar-refractivity contribution in [3.8, 4) is 0 Å². The lowest BCUT2D eigenvalue weighted by Crippen LogP contribution is -2.41. The maximum Gasteiger partial charge on any atom is 0.318 e. The fraction of sp³-hybridized carbons (Fsp3) is 0.400. The Hall–Kier alpha value is -2.15. The molecule has 1 aliphatic rings. The SMILES string of the molecule is O=C(NCCNc1cnccn1)N1CCC[C@H]1c1cccs1. The van der Waals surface area contributed by atoms with Crippen LogP contribution in [0.3, 0.4) is 0 Å². The van der Waals surface area contributed by atoms with Gasteiger partial charge in [-0.25, -0.2) is 9.78 Å². The largest absolute Gasteiger partial charge is 0.367 e. The summed E-state index contributed by atoms with van der Waals surface area (Å²) in [4.78, 5) is 23.6. The lowest BCUT2D eigenvalue weighted by molar-refractivity contribution is 0.194. The number of amides is 2. The number of hydrogen-bond acceptors (Lipinski definition) is 5. The highest BCUT2D eigenvalue weighted by molar-refractivity contribution is 7.10. The summed E-state index contributed by atoms with van der Waals surface area (Å²) in [5.74, 6) is 0.717. The molecule has 2 aromatic rings. The van der Waals surface area contributed by atoms with E-state index in [1.54, 1.807) is 29.9 Å². The molecule has 2 N–H and O–H groups in total. The second-order valence-corrected chi connectivity index (χ2v) is 6.10. The van der Waals surface area contributed by atoms with Crippen molar-refractivity contribution < 1.29 is 4.79 Å². The van der Waals surface area contributed by atoms with Gasteiger partial charge in [-0.1, -0.05) is 6.07 Å². The van der Waals surface area contributed by atoms with Crippen molar-refractivity contribution in [1.82, 2.24) is 20.2 Å². The van der Waals surface area contributed by atoms with E-state index >= 15 is 0 Å². The summed E-state index contributed by atoms with van der Waals surface area (Å²) in [6.07, 6.45) is 7.04. The molecule has 0 aromatic carbocycles. The van der Waals surface area contributed by atoms with Crippen LogP contribution in [0.5, 0.6) is 0 Å². The third kappa shape index (κ3) is 3.54. The van der Waals surface area contributed by atoms with Gasteiger partial charge in [0.25, 0.3) is 0 Å². The Bertz CT molecular complexity index is 589. The summed E-state index contributed by atoms with van der Waals surface area (Å²) in [6, 6.07) is 4.39. The Kier molecular flexibility index (Phi) is 4.85. The van der Waals surface area contributed by atoms with Crippen LogP contribution in [0.15, 0.2) is 36.1 Å². The molecule has 7 heteroatoms. The first kappa shape index (κ1) is 14.8. The molecule has 0 spiro atoms. The van der Waals surface area contributed by atoms with Gasteiger partial charge in [0.05, 0.1) is 12.2 Å². The number of nitrogens with zero attached hydrogens (tertiary/aromatic N) is 3. The maximum absolute atomic E-state index is 12.3. The fourth-order valence-corrected chi connectivity index (χ4v) is 3.51. The Morgan fingerprint density at radius 2 is 2.36 bits per heavy atom. The Morgan fingerprint density at radius 1 is 1.41 bits per heavy atom. The van der Waals surface area contributed by atoms with E-state index in [4.69, 9.17) is 0 Å². The van der Waals surface area contributed by atoms with Gasteiger partial charge < -0.3 is 15.5 Å². The van der Waals surface area contributed by atoms with Gasteiger partial charge in [-0.3, -0.25) is 4.98 Å². The molecule has 116 valence electrons. The van der Waals surface area contributed by atoms with Crippen LogP contribution in [0.25, 0.3) is 0 Å². The van der Waals surface area contributed by atoms with E-state index in [9.17, 15) is 4.79 Å². The average Bonchev–Trinajstić information content (AvgIpc) is 3.22. The molecule has 0 bridgehead atoms. The van der Waals surface area contributed by atoms with Gasteiger partial charge in [-0.05, 0) is 24.3 Å². The molecule has 0 radical (unpaired) electrons. The molecular formula is C15H19N5OS. The number of urea groups is 1. The highest BCUT2D eigenvalue weighted by Gasteiger charge is 2.30. The first-order valence-corrected chi connectivity index (χ1v) is 8.30. The van der Waals surface area contributed by atoms with Crippen molar-refractivity contribution in [2.75, 3.05) is 25.0 Å². The number of nitrogens with one attached hydrogen (secondary N) is 2. The maximum atomic E-state index is 12.3. The number of aromatic nitrogens is 2. The molecule has 3 rings (SSSR count). The van der Waals surface area contributed by atoms with Gasteiger partial charge in [-0.15, -0.1) is 11.3 Å². The Labute approximate surface area is 133 Å². The van der Waals surface area contributed by atoms with Crippen molar-refractivity contribution in [3.63, 3.8) is 0 Å². The second-order valence-electron chi connectivity index (χ2n) is 5.12. The third-order valence-electron chi connectivity index (χ3n) is 3.66. The zero-order valence-corrected chi connectivity index (χ0v) is 13.1. The highest BCUT2D eigenvalue weighted by Crippen LogP contribution is 2.34. The predicted octanol–water partition coefficient (Wildman–Crippen LogP) is 2.50. The van der Waals surface area contributed by atoms with Crippen LogP contribution in [0.2, 0.25) is 0 Å². The normalized spacial score (nSPS) is 17.5. The van der Waals surface area contributed by atoms with Crippen LogP contribution in [0, 0.1) is 0 Å². The Balaban J connectivity index is 1.45. The summed E-state index contributed by atoms with van der Waals surface area (Å²) in [5.41, 5.74) is 0. The molecule has 1 aliphatic heterocycles. The van der Waals surface area contributed by atoms with E-state index in [1.165, 1.54) is 4.88 Å². The van der Waals surface area contributed by atoms with E-state index in [2.05, 4.69) is 32.0 Å². The molecule has 0 aliphatic carbocycles. The second kappa shape index (κ2) is 7.22. The Morgan fingerprint density at radius 3 is 3.14 bits per heavy atom. The van der Waals surface area contributed by atoms with E-state index in [0.717, 1.165) is 25.2 Å². The summed E-state index contributed by atoms with van der Waals surface area (Å²) in [6.45, 7) is 2.01. The minimum Gasteiger partial charge on any atom is -0.367 e. The number of carbonyl (C=O) groups is 1. The molecule has 0 unspecified atom stereocenters. The predicted molar refractivity (Wildman–Crippen MR) is 86.9 cm³/mol. The minimum atomic E-state index is 0.0110. The van der Waals surface area contributed by atoms with E-state index < -0.39 is 0 Å². The highest BCUT2D eigenvalue weighted by atomic mass is 32.1. The standard InChI is InChI=1S/C15H19N5OS/c21-15(19-8-7-18-14-11-16-5-6-17-14)20-9-1-3-12(20)13-4-2-10-22-13/h2,4-6,10-12H,1,3,7-9H2,(H,17,18)(H,19,21)/t12-/m0/s1. The third-order valence-corrected chi connectivity index (χ3v) is 4.63. The lowest BCUT2D eigenvalue weighted by Gasteiger charge is -2.24. The van der Waals surface area contributed by atoms with Gasteiger partial charge in [0.15, 0.2) is 0 Å². The van der Waals surface area contributed by atoms with E-state index in [1.807, 2.05) is 11.0 Å². The number of carbonyl (C=O) groups excluding carboxylic acids is 1. The van der Waals surface area contributed by atoms with Crippen LogP contribution < -0.4 is 10.6 Å². The van der Waals surface area contributed by atoms with Crippen LogP contribution in [-0.4, -0.2) is 40.5 Å². The van der Waals surface area contributed by atoms with Crippen molar-refractivity contribution in [1.29, 1.82) is 0 Å². The molecule has 2 amide bonds. The summed E-state index contributed by atoms with van der Waals surface area (Å²) in [5, 5.41) is 8.16. The molecule has 1 saturated heterocycles. The zero-order chi connectivity index (χ0) is 15.2. The molecule has 1 fully saturated rings. The molecule has 22 heavy (non-hydrogen) atoms. The topological polar surface area (TPSA) is 70.1 Å². The quantitative estimate of drug-likeness (QED) is 0.831. The summed E-state index contributed by atoms with van der Waals surface area (Å²) in [7, 11) is 0. The first-order valence-electron chi connectivity index (χ1n) is 7.42. The van der Waals surface area contributed by atoms with E-state index in [0.29, 0.717) is 13.1 Å². The summed E-state index contributed by atoms with van der Waals surface area (Å²) < 4.78 is 0. The first-order chi connectivity index (χ1) is 10.8. The molecule has 2 aromatic heterocycles.